The van der Waals surface area contributed by atoms with E-state index in [2.05, 4.69) is 0 Å². The Morgan fingerprint density at radius 3 is 2.16 bits per heavy atom. The molecule has 1 aliphatic rings. The van der Waals surface area contributed by atoms with Gasteiger partial charge in [-0.1, -0.05) is 44.2 Å². The highest BCUT2D eigenvalue weighted by Gasteiger charge is 2.46. The molecular weight excluding hydrogens is 246 g/mol. The molecule has 0 spiro atoms. The fraction of sp³-hybridized carbons (Fsp3) is 0.357. The van der Waals surface area contributed by atoms with Crippen LogP contribution in [0.5, 0.6) is 0 Å². The third-order valence-electron chi connectivity index (χ3n) is 3.36. The number of ether oxygens (including phenoxy) is 1. The maximum absolute atomic E-state index is 11.8. The van der Waals surface area contributed by atoms with E-state index in [1.165, 1.54) is 0 Å². The second-order valence-corrected chi connectivity index (χ2v) is 4.63. The minimum Gasteiger partial charge on any atom is -0.444 e. The Labute approximate surface area is 111 Å². The van der Waals surface area contributed by atoms with Gasteiger partial charge >= 0.3 is 6.09 Å². The molecule has 0 radical (unpaired) electrons. The molecule has 1 fully saturated rings. The smallest absolute Gasteiger partial charge is 0.423 e. The van der Waals surface area contributed by atoms with Crippen LogP contribution in [0.25, 0.3) is 0 Å². The first-order valence-corrected chi connectivity index (χ1v) is 6.11. The van der Waals surface area contributed by atoms with Crippen molar-refractivity contribution in [2.24, 2.45) is 11.8 Å². The summed E-state index contributed by atoms with van der Waals surface area (Å²) in [6.07, 6.45) is -0.893. The summed E-state index contributed by atoms with van der Waals surface area (Å²) >= 11 is 0. The lowest BCUT2D eigenvalue weighted by molar-refractivity contribution is -0.137. The zero-order chi connectivity index (χ0) is 14.0. The standard InChI is InChI=1S/C14H15NO4/c1-9-10(2)13(17)15(12(9)16)14(18)19-8-11-6-4-3-5-7-11/h3-7,9-10H,8H2,1-2H3. The van der Waals surface area contributed by atoms with E-state index in [0.29, 0.717) is 4.90 Å². The Hall–Kier alpha value is -2.17. The number of amides is 3. The SMILES string of the molecule is CC1C(=O)N(C(=O)OCc2ccccc2)C(=O)C1C. The first-order chi connectivity index (χ1) is 9.02. The lowest BCUT2D eigenvalue weighted by Crippen LogP contribution is -2.37. The number of likely N-dealkylation sites (tertiary alicyclic amines) is 1. The van der Waals surface area contributed by atoms with Crippen LogP contribution in [-0.4, -0.2) is 22.8 Å². The number of hydrogen-bond donors (Lipinski definition) is 0. The van der Waals surface area contributed by atoms with E-state index in [1.54, 1.807) is 26.0 Å². The lowest BCUT2D eigenvalue weighted by atomic mass is 10.00. The van der Waals surface area contributed by atoms with Gasteiger partial charge in [-0.05, 0) is 5.56 Å². The normalized spacial score (nSPS) is 22.7. The van der Waals surface area contributed by atoms with Gasteiger partial charge < -0.3 is 4.74 Å². The molecule has 2 atom stereocenters. The van der Waals surface area contributed by atoms with E-state index >= 15 is 0 Å². The van der Waals surface area contributed by atoms with Gasteiger partial charge in [0, 0.05) is 11.8 Å². The number of carbonyl (C=O) groups excluding carboxylic acids is 3. The van der Waals surface area contributed by atoms with Gasteiger partial charge in [-0.25, -0.2) is 4.79 Å². The quantitative estimate of drug-likeness (QED) is 0.763. The zero-order valence-electron chi connectivity index (χ0n) is 10.8. The summed E-state index contributed by atoms with van der Waals surface area (Å²) in [5.41, 5.74) is 0.802. The van der Waals surface area contributed by atoms with Gasteiger partial charge in [-0.15, -0.1) is 0 Å². The molecule has 0 aliphatic carbocycles. The molecule has 1 aromatic rings. The van der Waals surface area contributed by atoms with Crippen molar-refractivity contribution in [2.75, 3.05) is 0 Å². The summed E-state index contributed by atoms with van der Waals surface area (Å²) < 4.78 is 4.99. The van der Waals surface area contributed by atoms with Gasteiger partial charge in [0.15, 0.2) is 0 Å². The Morgan fingerprint density at radius 2 is 1.63 bits per heavy atom. The summed E-state index contributed by atoms with van der Waals surface area (Å²) in [6.45, 7) is 3.31. The van der Waals surface area contributed by atoms with Crippen molar-refractivity contribution in [3.8, 4) is 0 Å². The fourth-order valence-corrected chi connectivity index (χ4v) is 1.91. The highest BCUT2D eigenvalue weighted by molar-refractivity contribution is 6.15. The summed E-state index contributed by atoms with van der Waals surface area (Å²) in [5.74, 6) is -1.93. The average molecular weight is 261 g/mol. The van der Waals surface area contributed by atoms with Gasteiger partial charge in [-0.2, -0.15) is 4.90 Å². The number of carbonyl (C=O) groups is 3. The monoisotopic (exact) mass is 261 g/mol. The average Bonchev–Trinajstić information content (AvgIpc) is 2.62. The highest BCUT2D eigenvalue weighted by Crippen LogP contribution is 2.26. The molecule has 0 saturated carbocycles. The lowest BCUT2D eigenvalue weighted by Gasteiger charge is -2.12. The molecule has 0 bridgehead atoms. The number of rotatable bonds is 2. The minimum atomic E-state index is -0.893. The minimum absolute atomic E-state index is 0.0412. The third-order valence-corrected chi connectivity index (χ3v) is 3.36. The Morgan fingerprint density at radius 1 is 1.11 bits per heavy atom. The molecule has 5 nitrogen and oxygen atoms in total. The van der Waals surface area contributed by atoms with Crippen LogP contribution in [-0.2, 0) is 20.9 Å². The van der Waals surface area contributed by atoms with E-state index in [4.69, 9.17) is 4.74 Å². The molecule has 1 saturated heterocycles. The van der Waals surface area contributed by atoms with Crippen molar-refractivity contribution < 1.29 is 19.1 Å². The van der Waals surface area contributed by atoms with Crippen LogP contribution in [0.4, 0.5) is 4.79 Å². The van der Waals surface area contributed by atoms with Gasteiger partial charge in [-0.3, -0.25) is 9.59 Å². The second kappa shape index (κ2) is 5.22. The molecule has 2 rings (SSSR count). The van der Waals surface area contributed by atoms with E-state index in [0.717, 1.165) is 5.56 Å². The molecule has 100 valence electrons. The second-order valence-electron chi connectivity index (χ2n) is 4.63. The van der Waals surface area contributed by atoms with Crippen molar-refractivity contribution >= 4 is 17.9 Å². The van der Waals surface area contributed by atoms with Crippen molar-refractivity contribution in [3.63, 3.8) is 0 Å². The van der Waals surface area contributed by atoms with Crippen LogP contribution in [0.1, 0.15) is 19.4 Å². The Bertz CT molecular complexity index is 491. The largest absolute Gasteiger partial charge is 0.444 e. The molecule has 0 N–H and O–H groups in total. The van der Waals surface area contributed by atoms with Gasteiger partial charge in [0.25, 0.3) is 0 Å². The highest BCUT2D eigenvalue weighted by atomic mass is 16.6. The third kappa shape index (κ3) is 2.50. The van der Waals surface area contributed by atoms with Crippen LogP contribution in [0.3, 0.4) is 0 Å². The fourth-order valence-electron chi connectivity index (χ4n) is 1.91. The van der Waals surface area contributed by atoms with Crippen molar-refractivity contribution in [1.29, 1.82) is 0 Å². The molecule has 0 aromatic heterocycles. The van der Waals surface area contributed by atoms with Crippen LogP contribution in [0.2, 0.25) is 0 Å². The van der Waals surface area contributed by atoms with E-state index in [-0.39, 0.29) is 6.61 Å². The van der Waals surface area contributed by atoms with E-state index in [9.17, 15) is 14.4 Å². The summed E-state index contributed by atoms with van der Waals surface area (Å²) in [5, 5.41) is 0. The molecule has 3 amide bonds. The van der Waals surface area contributed by atoms with Crippen LogP contribution in [0.15, 0.2) is 30.3 Å². The number of benzene rings is 1. The van der Waals surface area contributed by atoms with E-state index < -0.39 is 29.7 Å². The number of hydrogen-bond acceptors (Lipinski definition) is 4. The summed E-state index contributed by atoms with van der Waals surface area (Å²) in [6, 6.07) is 9.08. The van der Waals surface area contributed by atoms with E-state index in [1.807, 2.05) is 18.2 Å². The maximum Gasteiger partial charge on any atom is 0.423 e. The molecule has 2 unspecified atom stereocenters. The summed E-state index contributed by atoms with van der Waals surface area (Å²) in [4.78, 5) is 36.0. The topological polar surface area (TPSA) is 63.7 Å². The van der Waals surface area contributed by atoms with Crippen LogP contribution < -0.4 is 0 Å². The first-order valence-electron chi connectivity index (χ1n) is 6.11. The molecule has 5 heteroatoms. The number of nitrogens with zero attached hydrogens (tertiary/aromatic N) is 1. The van der Waals surface area contributed by atoms with Crippen LogP contribution >= 0.6 is 0 Å². The Kier molecular flexibility index (Phi) is 3.64. The predicted octanol–water partition coefficient (Wildman–Crippen LogP) is 1.96. The molecule has 1 aromatic carbocycles. The maximum atomic E-state index is 11.8. The molecule has 1 heterocycles. The molecule has 1 aliphatic heterocycles. The van der Waals surface area contributed by atoms with Crippen LogP contribution in [0, 0.1) is 11.8 Å². The summed E-state index contributed by atoms with van der Waals surface area (Å²) in [7, 11) is 0. The molecular formula is C14H15NO4. The Balaban J connectivity index is 2.01. The van der Waals surface area contributed by atoms with Gasteiger partial charge in [0.1, 0.15) is 6.61 Å². The zero-order valence-corrected chi connectivity index (χ0v) is 10.8. The van der Waals surface area contributed by atoms with Crippen molar-refractivity contribution in [1.82, 2.24) is 4.90 Å². The molecule has 19 heavy (non-hydrogen) atoms. The van der Waals surface area contributed by atoms with Crippen molar-refractivity contribution in [2.45, 2.75) is 20.5 Å². The van der Waals surface area contributed by atoms with Gasteiger partial charge in [0.2, 0.25) is 11.8 Å². The van der Waals surface area contributed by atoms with Gasteiger partial charge in [0.05, 0.1) is 0 Å². The first kappa shape index (κ1) is 13.3. The number of imide groups is 3. The van der Waals surface area contributed by atoms with Crippen molar-refractivity contribution in [3.05, 3.63) is 35.9 Å². The predicted molar refractivity (Wildman–Crippen MR) is 66.8 cm³/mol.